The van der Waals surface area contributed by atoms with E-state index in [1.165, 1.54) is 12.1 Å². The first-order valence-corrected chi connectivity index (χ1v) is 9.37. The maximum absolute atomic E-state index is 12.8. The van der Waals surface area contributed by atoms with Gasteiger partial charge in [0.15, 0.2) is 17.3 Å². The number of hydrogen-bond donors (Lipinski definition) is 2. The van der Waals surface area contributed by atoms with Crippen molar-refractivity contribution in [3.05, 3.63) is 53.3 Å². The molecule has 3 aromatic rings. The van der Waals surface area contributed by atoms with E-state index >= 15 is 0 Å². The van der Waals surface area contributed by atoms with Crippen LogP contribution in [0.15, 0.2) is 36.4 Å². The second kappa shape index (κ2) is 9.36. The first-order valence-electron chi connectivity index (χ1n) is 9.37. The number of nitrogens with one attached hydrogen (secondary N) is 2. The molecule has 0 fully saturated rings. The number of ether oxygens (including phenoxy) is 2. The minimum absolute atomic E-state index is 0.285. The van der Waals surface area contributed by atoms with E-state index in [4.69, 9.17) is 9.47 Å². The monoisotopic (exact) mass is 403 g/mol. The van der Waals surface area contributed by atoms with E-state index in [0.29, 0.717) is 34.7 Å². The molecule has 0 atom stereocenters. The number of hydrogen-bond acceptors (Lipinski definition) is 4. The van der Waals surface area contributed by atoms with Crippen molar-refractivity contribution in [2.75, 3.05) is 13.7 Å². The molecule has 0 aliphatic carbocycles. The second-order valence-corrected chi connectivity index (χ2v) is 6.52. The van der Waals surface area contributed by atoms with E-state index in [2.05, 4.69) is 22.2 Å². The maximum Gasteiger partial charge on any atom is 0.295 e. The lowest BCUT2D eigenvalue weighted by Crippen LogP contribution is -2.22. The minimum Gasteiger partial charge on any atom is -0.493 e. The van der Waals surface area contributed by atoms with Gasteiger partial charge >= 0.3 is 0 Å². The lowest BCUT2D eigenvalue weighted by atomic mass is 10.1. The summed E-state index contributed by atoms with van der Waals surface area (Å²) in [5.74, 6) is 0.537. The molecule has 0 unspecified atom stereocenters. The molecule has 6 nitrogen and oxygen atoms in total. The summed E-state index contributed by atoms with van der Waals surface area (Å²) in [6, 6.07) is 10.1. The van der Waals surface area contributed by atoms with E-state index < -0.39 is 12.2 Å². The van der Waals surface area contributed by atoms with Gasteiger partial charge in [-0.05, 0) is 42.3 Å². The van der Waals surface area contributed by atoms with Gasteiger partial charge < -0.3 is 19.8 Å². The van der Waals surface area contributed by atoms with Crippen LogP contribution in [0.1, 0.15) is 47.9 Å². The third-order valence-electron chi connectivity index (χ3n) is 4.41. The molecular weight excluding hydrogens is 380 g/mol. The largest absolute Gasteiger partial charge is 0.493 e. The van der Waals surface area contributed by atoms with Gasteiger partial charge in [-0.1, -0.05) is 19.4 Å². The van der Waals surface area contributed by atoms with Crippen LogP contribution in [0, 0.1) is 0 Å². The van der Waals surface area contributed by atoms with Crippen LogP contribution in [-0.2, 0) is 6.54 Å². The number of carbonyl (C=O) groups excluding carboxylic acids is 1. The minimum atomic E-state index is -2.69. The third kappa shape index (κ3) is 5.01. The van der Waals surface area contributed by atoms with Crippen LogP contribution in [-0.4, -0.2) is 29.6 Å². The number of halogens is 2. The van der Waals surface area contributed by atoms with E-state index in [0.717, 1.165) is 18.4 Å². The van der Waals surface area contributed by atoms with E-state index in [1.807, 2.05) is 18.2 Å². The van der Waals surface area contributed by atoms with Crippen molar-refractivity contribution in [1.29, 1.82) is 0 Å². The number of benzene rings is 2. The Bertz CT molecular complexity index is 988. The number of alkyl halides is 2. The molecule has 8 heteroatoms. The van der Waals surface area contributed by atoms with Crippen molar-refractivity contribution in [2.45, 2.75) is 32.7 Å². The van der Waals surface area contributed by atoms with Gasteiger partial charge in [0.1, 0.15) is 0 Å². The van der Waals surface area contributed by atoms with Gasteiger partial charge in [-0.2, -0.15) is 0 Å². The second-order valence-electron chi connectivity index (χ2n) is 6.52. The number of methoxy groups -OCH3 is 1. The van der Waals surface area contributed by atoms with Crippen molar-refractivity contribution in [1.82, 2.24) is 15.3 Å². The first-order chi connectivity index (χ1) is 14.0. The number of imidazole rings is 1. The summed E-state index contributed by atoms with van der Waals surface area (Å²) in [7, 11) is 1.57. The molecule has 0 saturated carbocycles. The molecule has 0 spiro atoms. The third-order valence-corrected chi connectivity index (χ3v) is 4.41. The van der Waals surface area contributed by atoms with Crippen molar-refractivity contribution in [3.63, 3.8) is 0 Å². The molecule has 3 rings (SSSR count). The summed E-state index contributed by atoms with van der Waals surface area (Å²) in [6.45, 7) is 2.99. The molecule has 0 saturated heterocycles. The van der Waals surface area contributed by atoms with Crippen LogP contribution in [0.25, 0.3) is 11.0 Å². The van der Waals surface area contributed by atoms with E-state index in [9.17, 15) is 13.6 Å². The highest BCUT2D eigenvalue weighted by Crippen LogP contribution is 2.28. The fraction of sp³-hybridized carbons (Fsp3) is 0.333. The zero-order valence-corrected chi connectivity index (χ0v) is 16.3. The Morgan fingerprint density at radius 3 is 2.76 bits per heavy atom. The van der Waals surface area contributed by atoms with Gasteiger partial charge in [0.25, 0.3) is 12.3 Å². The summed E-state index contributed by atoms with van der Waals surface area (Å²) in [4.78, 5) is 18.8. The predicted molar refractivity (Wildman–Crippen MR) is 106 cm³/mol. The summed E-state index contributed by atoms with van der Waals surface area (Å²) in [6.07, 6.45) is -0.690. The Morgan fingerprint density at radius 1 is 1.21 bits per heavy atom. The lowest BCUT2D eigenvalue weighted by molar-refractivity contribution is 0.0951. The first kappa shape index (κ1) is 20.6. The number of rotatable bonds is 9. The Morgan fingerprint density at radius 2 is 2.03 bits per heavy atom. The molecule has 29 heavy (non-hydrogen) atoms. The molecule has 1 aromatic heterocycles. The molecular formula is C21H23F2N3O3. The van der Waals surface area contributed by atoms with Crippen LogP contribution in [0.5, 0.6) is 11.5 Å². The molecule has 0 radical (unpaired) electrons. The van der Waals surface area contributed by atoms with Gasteiger partial charge in [0.05, 0.1) is 24.8 Å². The van der Waals surface area contributed by atoms with Crippen LogP contribution < -0.4 is 14.8 Å². The van der Waals surface area contributed by atoms with Crippen LogP contribution >= 0.6 is 0 Å². The number of aromatic amines is 1. The Labute approximate surface area is 167 Å². The summed E-state index contributed by atoms with van der Waals surface area (Å²) >= 11 is 0. The number of aromatic nitrogens is 2. The van der Waals surface area contributed by atoms with Gasteiger partial charge in [0, 0.05) is 12.1 Å². The van der Waals surface area contributed by atoms with Gasteiger partial charge in [-0.15, -0.1) is 0 Å². The molecule has 154 valence electrons. The maximum atomic E-state index is 12.8. The number of amides is 1. The summed E-state index contributed by atoms with van der Waals surface area (Å²) in [5, 5.41) is 2.81. The van der Waals surface area contributed by atoms with Crippen LogP contribution in [0.3, 0.4) is 0 Å². The van der Waals surface area contributed by atoms with Crippen molar-refractivity contribution < 1.29 is 23.0 Å². The van der Waals surface area contributed by atoms with Crippen molar-refractivity contribution >= 4 is 16.9 Å². The van der Waals surface area contributed by atoms with E-state index in [-0.39, 0.29) is 12.5 Å². The molecule has 0 aliphatic rings. The van der Waals surface area contributed by atoms with Gasteiger partial charge in [0.2, 0.25) is 0 Å². The lowest BCUT2D eigenvalue weighted by Gasteiger charge is -2.12. The quantitative estimate of drug-likeness (QED) is 0.511. The summed E-state index contributed by atoms with van der Waals surface area (Å²) in [5.41, 5.74) is 1.98. The number of H-pyrrole nitrogens is 1. The number of nitrogens with zero attached hydrogens (tertiary/aromatic N) is 1. The van der Waals surface area contributed by atoms with E-state index in [1.54, 1.807) is 13.2 Å². The van der Waals surface area contributed by atoms with Crippen LogP contribution in [0.4, 0.5) is 8.78 Å². The fourth-order valence-electron chi connectivity index (χ4n) is 2.83. The molecule has 2 N–H and O–H groups in total. The smallest absolute Gasteiger partial charge is 0.295 e. The SMILES string of the molecule is CCCCOc1ccc(CNC(=O)c2ccc3nc(C(F)F)[nH]c3c2)cc1OC. The Balaban J connectivity index is 1.66. The predicted octanol–water partition coefficient (Wildman–Crippen LogP) is 4.62. The number of carbonyl (C=O) groups is 1. The molecule has 1 amide bonds. The average molecular weight is 403 g/mol. The molecule has 1 heterocycles. The van der Waals surface area contributed by atoms with Crippen LogP contribution in [0.2, 0.25) is 0 Å². The average Bonchev–Trinajstić information content (AvgIpc) is 3.16. The zero-order chi connectivity index (χ0) is 20.8. The highest BCUT2D eigenvalue weighted by molar-refractivity contribution is 5.97. The number of unbranched alkanes of at least 4 members (excludes halogenated alkanes) is 1. The van der Waals surface area contributed by atoms with Crippen molar-refractivity contribution in [3.8, 4) is 11.5 Å². The topological polar surface area (TPSA) is 76.2 Å². The van der Waals surface area contributed by atoms with Gasteiger partial charge in [-0.25, -0.2) is 13.8 Å². The number of fused-ring (bicyclic) bond motifs is 1. The molecule has 2 aromatic carbocycles. The highest BCUT2D eigenvalue weighted by Gasteiger charge is 2.14. The normalized spacial score (nSPS) is 11.1. The Hall–Kier alpha value is -3.16. The highest BCUT2D eigenvalue weighted by atomic mass is 19.3. The summed E-state index contributed by atoms with van der Waals surface area (Å²) < 4.78 is 36.6. The fourth-order valence-corrected chi connectivity index (χ4v) is 2.83. The zero-order valence-electron chi connectivity index (χ0n) is 16.3. The molecule has 0 aliphatic heterocycles. The molecule has 0 bridgehead atoms. The Kier molecular flexibility index (Phi) is 6.64. The van der Waals surface area contributed by atoms with Gasteiger partial charge in [-0.3, -0.25) is 4.79 Å². The standard InChI is InChI=1S/C21H23F2N3O3/c1-3-4-9-29-17-8-5-13(10-18(17)28-2)12-24-21(27)14-6-7-15-16(11-14)26-20(25-15)19(22)23/h5-8,10-11,19H,3-4,9,12H2,1-2H3,(H,24,27)(H,25,26). The van der Waals surface area contributed by atoms with Crippen molar-refractivity contribution in [2.24, 2.45) is 0 Å².